The summed E-state index contributed by atoms with van der Waals surface area (Å²) in [7, 11) is 0. The third kappa shape index (κ3) is 6.72. The molecule has 0 saturated heterocycles. The van der Waals surface area contributed by atoms with E-state index in [1.807, 2.05) is 13.8 Å². The fraction of sp³-hybridized carbons (Fsp3) is 0.500. The van der Waals surface area contributed by atoms with Gasteiger partial charge in [0, 0.05) is 10.8 Å². The lowest BCUT2D eigenvalue weighted by molar-refractivity contribution is 0.0633. The molecule has 0 heterocycles. The second-order valence-corrected chi connectivity index (χ2v) is 10.7. The van der Waals surface area contributed by atoms with Crippen LogP contribution in [0.1, 0.15) is 52.7 Å². The van der Waals surface area contributed by atoms with Crippen molar-refractivity contribution in [2.45, 2.75) is 52.4 Å². The maximum Gasteiger partial charge on any atom is 0.132 e. The summed E-state index contributed by atoms with van der Waals surface area (Å²) in [6.45, 7) is 15.6. The van der Waals surface area contributed by atoms with E-state index >= 15 is 0 Å². The van der Waals surface area contributed by atoms with Gasteiger partial charge in [0.2, 0.25) is 0 Å². The van der Waals surface area contributed by atoms with E-state index in [0.29, 0.717) is 26.4 Å². The molecule has 0 aliphatic heterocycles. The van der Waals surface area contributed by atoms with Crippen molar-refractivity contribution in [2.75, 3.05) is 26.4 Å². The van der Waals surface area contributed by atoms with Gasteiger partial charge in [0.1, 0.15) is 11.5 Å². The highest BCUT2D eigenvalue weighted by Crippen LogP contribution is 2.32. The summed E-state index contributed by atoms with van der Waals surface area (Å²) >= 11 is 4.68. The zero-order valence-electron chi connectivity index (χ0n) is 18.3. The molecule has 3 nitrogen and oxygen atoms in total. The van der Waals surface area contributed by atoms with Crippen molar-refractivity contribution in [1.29, 1.82) is 0 Å². The molecule has 2 aromatic rings. The van der Waals surface area contributed by atoms with Gasteiger partial charge in [-0.15, -0.1) is 0 Å². The molecule has 0 aliphatic carbocycles. The Balaban J connectivity index is 2.03. The van der Waals surface area contributed by atoms with Gasteiger partial charge in [0.05, 0.1) is 33.6 Å². The summed E-state index contributed by atoms with van der Waals surface area (Å²) in [6.07, 6.45) is 0. The van der Waals surface area contributed by atoms with Crippen molar-refractivity contribution in [1.82, 2.24) is 0 Å². The molecule has 2 aromatic carbocycles. The van der Waals surface area contributed by atoms with Gasteiger partial charge in [-0.25, -0.2) is 0 Å². The van der Waals surface area contributed by atoms with Crippen molar-refractivity contribution in [3.63, 3.8) is 0 Å². The van der Waals surface area contributed by atoms with E-state index in [0.717, 1.165) is 18.6 Å². The predicted molar refractivity (Wildman–Crippen MR) is 138 cm³/mol. The van der Waals surface area contributed by atoms with Crippen LogP contribution in [0.2, 0.25) is 0 Å². The standard InChI is InChI=1S/C24H32I2O3/c1-7-28-21-11-9-17(13-19(21)25)23(3,4)15-27-16-24(5,6)18-10-12-22(29-8-2)20(26)14-18/h9-14H,7-8,15-16H2,1-6H3. The van der Waals surface area contributed by atoms with Gasteiger partial charge in [-0.2, -0.15) is 0 Å². The molecule has 2 rings (SSSR count). The Hall–Kier alpha value is -0.540. The summed E-state index contributed by atoms with van der Waals surface area (Å²) in [5, 5.41) is 0. The smallest absolute Gasteiger partial charge is 0.132 e. The third-order valence-electron chi connectivity index (χ3n) is 4.95. The van der Waals surface area contributed by atoms with E-state index in [1.165, 1.54) is 11.1 Å². The molecule has 0 saturated carbocycles. The molecule has 0 unspecified atom stereocenters. The highest BCUT2D eigenvalue weighted by molar-refractivity contribution is 14.1. The first-order valence-electron chi connectivity index (χ1n) is 10.0. The Kier molecular flexibility index (Phi) is 9.09. The summed E-state index contributed by atoms with van der Waals surface area (Å²) in [6, 6.07) is 12.8. The number of hydrogen-bond acceptors (Lipinski definition) is 3. The van der Waals surface area contributed by atoms with Crippen LogP contribution in [0.5, 0.6) is 11.5 Å². The first-order valence-corrected chi connectivity index (χ1v) is 12.2. The maximum atomic E-state index is 6.24. The van der Waals surface area contributed by atoms with Gasteiger partial charge in [-0.05, 0) is 94.4 Å². The molecule has 0 aromatic heterocycles. The van der Waals surface area contributed by atoms with E-state index in [2.05, 4.69) is 109 Å². The van der Waals surface area contributed by atoms with Crippen LogP contribution in [-0.2, 0) is 15.6 Å². The SMILES string of the molecule is CCOc1ccc(C(C)(C)COCC(C)(C)c2ccc(OCC)c(I)c2)cc1I. The normalized spacial score (nSPS) is 12.1. The van der Waals surface area contributed by atoms with Crippen LogP contribution < -0.4 is 9.47 Å². The maximum absolute atomic E-state index is 6.24. The number of halogens is 2. The van der Waals surface area contributed by atoms with Crippen molar-refractivity contribution < 1.29 is 14.2 Å². The van der Waals surface area contributed by atoms with Gasteiger partial charge < -0.3 is 14.2 Å². The van der Waals surface area contributed by atoms with E-state index in [9.17, 15) is 0 Å². The Morgan fingerprint density at radius 2 is 1.07 bits per heavy atom. The molecule has 0 aliphatic rings. The predicted octanol–water partition coefficient (Wildman–Crippen LogP) is 6.97. The minimum atomic E-state index is -0.0754. The molecule has 0 radical (unpaired) electrons. The largest absolute Gasteiger partial charge is 0.493 e. The summed E-state index contributed by atoms with van der Waals surface area (Å²) < 4.78 is 19.8. The van der Waals surface area contributed by atoms with E-state index in [-0.39, 0.29) is 10.8 Å². The topological polar surface area (TPSA) is 27.7 Å². The molecule has 0 fully saturated rings. The Morgan fingerprint density at radius 3 is 1.38 bits per heavy atom. The minimum absolute atomic E-state index is 0.0754. The summed E-state index contributed by atoms with van der Waals surface area (Å²) in [4.78, 5) is 0. The summed E-state index contributed by atoms with van der Waals surface area (Å²) in [5.41, 5.74) is 2.37. The van der Waals surface area contributed by atoms with Crippen molar-refractivity contribution >= 4 is 45.2 Å². The molecule has 160 valence electrons. The fourth-order valence-electron chi connectivity index (χ4n) is 3.12. The van der Waals surface area contributed by atoms with Gasteiger partial charge in [0.15, 0.2) is 0 Å². The van der Waals surface area contributed by atoms with Crippen LogP contribution in [0.4, 0.5) is 0 Å². The lowest BCUT2D eigenvalue weighted by Gasteiger charge is -2.30. The molecule has 0 bridgehead atoms. The van der Waals surface area contributed by atoms with Crippen LogP contribution in [0.3, 0.4) is 0 Å². The molecular weight excluding hydrogens is 590 g/mol. The van der Waals surface area contributed by atoms with Gasteiger partial charge in [-0.3, -0.25) is 0 Å². The first kappa shape index (κ1) is 24.7. The van der Waals surface area contributed by atoms with Crippen LogP contribution in [0.25, 0.3) is 0 Å². The van der Waals surface area contributed by atoms with E-state index < -0.39 is 0 Å². The molecule has 0 atom stereocenters. The van der Waals surface area contributed by atoms with Crippen LogP contribution in [-0.4, -0.2) is 26.4 Å². The quantitative estimate of drug-likeness (QED) is 0.268. The van der Waals surface area contributed by atoms with Gasteiger partial charge in [-0.1, -0.05) is 39.8 Å². The highest BCUT2D eigenvalue weighted by atomic mass is 127. The van der Waals surface area contributed by atoms with Crippen LogP contribution in [0, 0.1) is 7.14 Å². The molecule has 0 amide bonds. The van der Waals surface area contributed by atoms with Gasteiger partial charge >= 0.3 is 0 Å². The molecule has 0 spiro atoms. The van der Waals surface area contributed by atoms with Crippen LogP contribution in [0.15, 0.2) is 36.4 Å². The molecule has 5 heteroatoms. The van der Waals surface area contributed by atoms with Crippen molar-refractivity contribution in [3.8, 4) is 11.5 Å². The summed E-state index contributed by atoms with van der Waals surface area (Å²) in [5.74, 6) is 1.89. The average Bonchev–Trinajstić information content (AvgIpc) is 2.65. The number of benzene rings is 2. The zero-order chi connectivity index (χ0) is 21.7. The van der Waals surface area contributed by atoms with Crippen molar-refractivity contribution in [2.24, 2.45) is 0 Å². The second kappa shape index (κ2) is 10.7. The zero-order valence-corrected chi connectivity index (χ0v) is 22.6. The Labute approximate surface area is 203 Å². The lowest BCUT2D eigenvalue weighted by atomic mass is 9.84. The Bertz CT molecular complexity index is 748. The van der Waals surface area contributed by atoms with E-state index in [1.54, 1.807) is 0 Å². The Morgan fingerprint density at radius 1 is 0.690 bits per heavy atom. The lowest BCUT2D eigenvalue weighted by Crippen LogP contribution is -2.30. The molecule has 29 heavy (non-hydrogen) atoms. The van der Waals surface area contributed by atoms with Crippen molar-refractivity contribution in [3.05, 3.63) is 54.7 Å². The number of ether oxygens (including phenoxy) is 3. The monoisotopic (exact) mass is 622 g/mol. The number of rotatable bonds is 10. The fourth-order valence-corrected chi connectivity index (χ4v) is 4.46. The molecule has 0 N–H and O–H groups in total. The number of hydrogen-bond donors (Lipinski definition) is 0. The van der Waals surface area contributed by atoms with Gasteiger partial charge in [0.25, 0.3) is 0 Å². The van der Waals surface area contributed by atoms with Crippen LogP contribution >= 0.6 is 45.2 Å². The minimum Gasteiger partial charge on any atom is -0.493 e. The second-order valence-electron chi connectivity index (χ2n) is 8.42. The van der Waals surface area contributed by atoms with E-state index in [4.69, 9.17) is 14.2 Å². The third-order valence-corrected chi connectivity index (χ3v) is 6.64. The first-order chi connectivity index (χ1) is 13.6. The highest BCUT2D eigenvalue weighted by Gasteiger charge is 2.26. The average molecular weight is 622 g/mol. The molecular formula is C24H32I2O3.